The number of para-hydroxylation sites is 1. The van der Waals surface area contributed by atoms with E-state index in [1.54, 1.807) is 19.2 Å². The number of nitrogens with zero attached hydrogens (tertiary/aromatic N) is 3. The zero-order valence-electron chi connectivity index (χ0n) is 17.5. The molecule has 0 amide bonds. The molecular weight excluding hydrogens is 366 g/mol. The van der Waals surface area contributed by atoms with Crippen LogP contribution in [0.15, 0.2) is 42.6 Å². The van der Waals surface area contributed by atoms with Crippen molar-refractivity contribution in [2.75, 3.05) is 50.8 Å². The topological polar surface area (TPSA) is 54.9 Å². The van der Waals surface area contributed by atoms with Crippen LogP contribution in [0.2, 0.25) is 0 Å². The molecule has 156 valence electrons. The third kappa shape index (κ3) is 6.19. The highest BCUT2D eigenvalue weighted by Gasteiger charge is 2.16. The first-order valence-corrected chi connectivity index (χ1v) is 10.5. The number of rotatable bonds is 8. The lowest BCUT2D eigenvalue weighted by atomic mass is 10.2. The summed E-state index contributed by atoms with van der Waals surface area (Å²) in [7, 11) is 0. The molecule has 1 aromatic carbocycles. The highest BCUT2D eigenvalue weighted by atomic mass is 16.5. The van der Waals surface area contributed by atoms with Gasteiger partial charge >= 0.3 is 5.97 Å². The number of ether oxygens (including phenoxy) is 2. The minimum atomic E-state index is -0.318. The van der Waals surface area contributed by atoms with Crippen LogP contribution in [-0.2, 0) is 4.74 Å². The monoisotopic (exact) mass is 397 g/mol. The second-order valence-corrected chi connectivity index (χ2v) is 7.28. The van der Waals surface area contributed by atoms with Gasteiger partial charge in [0, 0.05) is 32.4 Å². The van der Waals surface area contributed by atoms with Gasteiger partial charge in [0.15, 0.2) is 0 Å². The van der Waals surface area contributed by atoms with Crippen molar-refractivity contribution in [2.24, 2.45) is 0 Å². The Labute approximate surface area is 173 Å². The lowest BCUT2D eigenvalue weighted by molar-refractivity contribution is 0.0526. The number of aromatic nitrogens is 1. The molecule has 0 N–H and O–H groups in total. The lowest BCUT2D eigenvalue weighted by Gasteiger charge is -2.23. The van der Waals surface area contributed by atoms with Crippen molar-refractivity contribution in [3.05, 3.63) is 53.7 Å². The molecule has 0 saturated carbocycles. The molecule has 2 heterocycles. The number of hydrogen-bond acceptors (Lipinski definition) is 6. The van der Waals surface area contributed by atoms with Crippen molar-refractivity contribution in [1.82, 2.24) is 9.88 Å². The number of carbonyl (C=O) groups excluding carboxylic acids is 1. The number of aryl methyl sites for hydroxylation is 1. The normalized spacial score (nSPS) is 15.0. The van der Waals surface area contributed by atoms with Gasteiger partial charge in [-0.25, -0.2) is 9.78 Å². The number of esters is 1. The van der Waals surface area contributed by atoms with Gasteiger partial charge < -0.3 is 19.3 Å². The van der Waals surface area contributed by atoms with Gasteiger partial charge in [-0.05, 0) is 57.0 Å². The molecule has 0 aliphatic carbocycles. The van der Waals surface area contributed by atoms with Crippen LogP contribution in [0.4, 0.5) is 5.82 Å². The molecule has 0 radical (unpaired) electrons. The van der Waals surface area contributed by atoms with E-state index in [0.717, 1.165) is 63.7 Å². The summed E-state index contributed by atoms with van der Waals surface area (Å²) in [6.07, 6.45) is 3.72. The fourth-order valence-corrected chi connectivity index (χ4v) is 3.52. The molecule has 1 fully saturated rings. The van der Waals surface area contributed by atoms with Crippen molar-refractivity contribution in [2.45, 2.75) is 26.7 Å². The van der Waals surface area contributed by atoms with Gasteiger partial charge in [0.1, 0.15) is 11.6 Å². The number of pyridine rings is 1. The van der Waals surface area contributed by atoms with Crippen molar-refractivity contribution in [1.29, 1.82) is 0 Å². The summed E-state index contributed by atoms with van der Waals surface area (Å²) in [6, 6.07) is 11.9. The maximum atomic E-state index is 11.8. The maximum Gasteiger partial charge on any atom is 0.339 e. The van der Waals surface area contributed by atoms with Crippen molar-refractivity contribution >= 4 is 11.8 Å². The van der Waals surface area contributed by atoms with E-state index < -0.39 is 0 Å². The van der Waals surface area contributed by atoms with Crippen LogP contribution >= 0.6 is 0 Å². The summed E-state index contributed by atoms with van der Waals surface area (Å²) in [5.41, 5.74) is 1.68. The van der Waals surface area contributed by atoms with E-state index in [1.807, 2.05) is 24.3 Å². The first-order chi connectivity index (χ1) is 14.2. The van der Waals surface area contributed by atoms with E-state index >= 15 is 0 Å². The van der Waals surface area contributed by atoms with Crippen LogP contribution in [0.3, 0.4) is 0 Å². The molecule has 0 spiro atoms. The maximum absolute atomic E-state index is 11.8. The molecule has 0 unspecified atom stereocenters. The Morgan fingerprint density at radius 2 is 1.97 bits per heavy atom. The SMILES string of the molecule is CCOC(=O)c1ccc(N2CCCN(CCCOc3ccccc3C)CC2)nc1. The molecule has 3 rings (SSSR count). The molecule has 6 nitrogen and oxygen atoms in total. The lowest BCUT2D eigenvalue weighted by Crippen LogP contribution is -2.32. The third-order valence-electron chi connectivity index (χ3n) is 5.14. The summed E-state index contributed by atoms with van der Waals surface area (Å²) >= 11 is 0. The molecule has 1 aliphatic rings. The summed E-state index contributed by atoms with van der Waals surface area (Å²) < 4.78 is 10.9. The van der Waals surface area contributed by atoms with Crippen LogP contribution in [-0.4, -0.2) is 61.8 Å². The van der Waals surface area contributed by atoms with Crippen LogP contribution < -0.4 is 9.64 Å². The Morgan fingerprint density at radius 3 is 2.72 bits per heavy atom. The number of hydrogen-bond donors (Lipinski definition) is 0. The Kier molecular flexibility index (Phi) is 7.87. The number of carbonyl (C=O) groups is 1. The molecule has 0 atom stereocenters. The summed E-state index contributed by atoms with van der Waals surface area (Å²) in [5, 5.41) is 0. The van der Waals surface area contributed by atoms with Gasteiger partial charge in [0.05, 0.1) is 18.8 Å². The molecule has 29 heavy (non-hydrogen) atoms. The smallest absolute Gasteiger partial charge is 0.339 e. The zero-order chi connectivity index (χ0) is 20.5. The van der Waals surface area contributed by atoms with E-state index in [2.05, 4.69) is 27.8 Å². The Hall–Kier alpha value is -2.60. The zero-order valence-corrected chi connectivity index (χ0v) is 17.5. The van der Waals surface area contributed by atoms with Crippen molar-refractivity contribution < 1.29 is 14.3 Å². The second-order valence-electron chi connectivity index (χ2n) is 7.28. The third-order valence-corrected chi connectivity index (χ3v) is 5.14. The van der Waals surface area contributed by atoms with Gasteiger partial charge in [-0.15, -0.1) is 0 Å². The van der Waals surface area contributed by atoms with E-state index in [9.17, 15) is 4.79 Å². The predicted octanol–water partition coefficient (Wildman–Crippen LogP) is 3.55. The molecule has 1 saturated heterocycles. The fraction of sp³-hybridized carbons (Fsp3) is 0.478. The molecule has 0 bridgehead atoms. The molecular formula is C23H31N3O3. The number of anilines is 1. The highest BCUT2D eigenvalue weighted by molar-refractivity contribution is 5.89. The summed E-state index contributed by atoms with van der Waals surface area (Å²) in [6.45, 7) is 10.0. The van der Waals surface area contributed by atoms with Crippen LogP contribution in [0.25, 0.3) is 0 Å². The van der Waals surface area contributed by atoms with Crippen LogP contribution in [0.1, 0.15) is 35.7 Å². The van der Waals surface area contributed by atoms with E-state index in [1.165, 1.54) is 5.56 Å². The van der Waals surface area contributed by atoms with Crippen molar-refractivity contribution in [3.63, 3.8) is 0 Å². The molecule has 6 heteroatoms. The highest BCUT2D eigenvalue weighted by Crippen LogP contribution is 2.17. The van der Waals surface area contributed by atoms with Crippen LogP contribution in [0.5, 0.6) is 5.75 Å². The van der Waals surface area contributed by atoms with E-state index in [-0.39, 0.29) is 5.97 Å². The van der Waals surface area contributed by atoms with Gasteiger partial charge in [-0.1, -0.05) is 18.2 Å². The second kappa shape index (κ2) is 10.8. The average Bonchev–Trinajstić information content (AvgIpc) is 2.98. The van der Waals surface area contributed by atoms with Gasteiger partial charge in [0.2, 0.25) is 0 Å². The molecule has 2 aromatic rings. The summed E-state index contributed by atoms with van der Waals surface area (Å²) in [4.78, 5) is 21.0. The van der Waals surface area contributed by atoms with E-state index in [4.69, 9.17) is 9.47 Å². The largest absolute Gasteiger partial charge is 0.493 e. The van der Waals surface area contributed by atoms with Crippen molar-refractivity contribution in [3.8, 4) is 5.75 Å². The Morgan fingerprint density at radius 1 is 1.10 bits per heavy atom. The van der Waals surface area contributed by atoms with Crippen LogP contribution in [0, 0.1) is 6.92 Å². The standard InChI is InChI=1S/C23H31N3O3/c1-3-28-23(27)20-10-11-22(24-18-20)26-14-6-12-25(15-16-26)13-7-17-29-21-9-5-4-8-19(21)2/h4-5,8-11,18H,3,6-7,12-17H2,1-2H3. The average molecular weight is 398 g/mol. The first kappa shape index (κ1) is 21.1. The minimum absolute atomic E-state index is 0.318. The van der Waals surface area contributed by atoms with Gasteiger partial charge in [-0.3, -0.25) is 0 Å². The summed E-state index contributed by atoms with van der Waals surface area (Å²) in [5.74, 6) is 1.58. The van der Waals surface area contributed by atoms with Gasteiger partial charge in [-0.2, -0.15) is 0 Å². The Balaban J connectivity index is 1.43. The minimum Gasteiger partial charge on any atom is -0.493 e. The molecule has 1 aromatic heterocycles. The predicted molar refractivity (Wildman–Crippen MR) is 115 cm³/mol. The fourth-order valence-electron chi connectivity index (χ4n) is 3.52. The number of benzene rings is 1. The molecule has 1 aliphatic heterocycles. The quantitative estimate of drug-likeness (QED) is 0.502. The van der Waals surface area contributed by atoms with Gasteiger partial charge in [0.25, 0.3) is 0 Å². The first-order valence-electron chi connectivity index (χ1n) is 10.5. The van der Waals surface area contributed by atoms with E-state index in [0.29, 0.717) is 12.2 Å². The Bertz CT molecular complexity index is 779.